The third kappa shape index (κ3) is 1.59. The number of amides is 1. The van der Waals surface area contributed by atoms with Crippen molar-refractivity contribution in [2.75, 3.05) is 0 Å². The van der Waals surface area contributed by atoms with Crippen LogP contribution in [-0.4, -0.2) is 16.8 Å². The van der Waals surface area contributed by atoms with Gasteiger partial charge in [-0.2, -0.15) is 0 Å². The third-order valence-corrected chi connectivity index (χ3v) is 0.740. The Morgan fingerprint density at radius 1 is 1.88 bits per heavy atom. The molecule has 0 aliphatic rings. The fourth-order valence-electron chi connectivity index (χ4n) is 0.294. The number of rotatable bonds is 2. The van der Waals surface area contributed by atoms with E-state index in [1.165, 1.54) is 0 Å². The highest BCUT2D eigenvalue weighted by atomic mass is 16.4. The van der Waals surface area contributed by atoms with Crippen LogP contribution in [0.4, 0.5) is 0 Å². The monoisotopic (exact) mass is 116 g/mol. The third-order valence-electron chi connectivity index (χ3n) is 0.740. The Bertz CT molecular complexity index is 119. The van der Waals surface area contributed by atoms with E-state index in [9.17, 15) is 4.79 Å². The summed E-state index contributed by atoms with van der Waals surface area (Å²) in [5, 5.41) is 10.6. The van der Waals surface area contributed by atoms with Crippen molar-refractivity contribution in [1.82, 2.24) is 0 Å². The summed E-state index contributed by atoms with van der Waals surface area (Å²) < 4.78 is 0. The molecule has 0 saturated carbocycles. The van der Waals surface area contributed by atoms with Gasteiger partial charge in [0, 0.05) is 0 Å². The van der Waals surface area contributed by atoms with Crippen LogP contribution in [0.15, 0.2) is 5.16 Å². The van der Waals surface area contributed by atoms with Crippen molar-refractivity contribution in [2.45, 2.75) is 13.3 Å². The van der Waals surface area contributed by atoms with Gasteiger partial charge in [-0.3, -0.25) is 4.79 Å². The number of hydrogen-bond donors (Lipinski definition) is 2. The van der Waals surface area contributed by atoms with Crippen LogP contribution in [0.25, 0.3) is 0 Å². The zero-order valence-electron chi connectivity index (χ0n) is 4.59. The summed E-state index contributed by atoms with van der Waals surface area (Å²) in [5.41, 5.74) is 4.73. The lowest BCUT2D eigenvalue weighted by atomic mass is 10.3. The Morgan fingerprint density at radius 2 is 2.38 bits per heavy atom. The van der Waals surface area contributed by atoms with Gasteiger partial charge in [0.25, 0.3) is 5.91 Å². The Kier molecular flexibility index (Phi) is 2.61. The average Bonchev–Trinajstić information content (AvgIpc) is 1.69. The predicted molar refractivity (Wildman–Crippen MR) is 28.7 cm³/mol. The van der Waals surface area contributed by atoms with E-state index >= 15 is 0 Å². The number of nitrogens with zero attached hydrogens (tertiary/aromatic N) is 1. The van der Waals surface area contributed by atoms with E-state index in [-0.39, 0.29) is 5.71 Å². The van der Waals surface area contributed by atoms with Gasteiger partial charge in [0.2, 0.25) is 0 Å². The van der Waals surface area contributed by atoms with Crippen molar-refractivity contribution >= 4 is 11.6 Å². The molecular weight excluding hydrogens is 108 g/mol. The van der Waals surface area contributed by atoms with Gasteiger partial charge in [0.1, 0.15) is 5.71 Å². The smallest absolute Gasteiger partial charge is 0.266 e. The van der Waals surface area contributed by atoms with E-state index in [2.05, 4.69) is 5.16 Å². The van der Waals surface area contributed by atoms with Crippen LogP contribution in [0.5, 0.6) is 0 Å². The fourth-order valence-corrected chi connectivity index (χ4v) is 0.294. The standard InChI is InChI=1S/C4H8N2O2/c1-2-3(6-8)4(5)7/h8H,2H2,1H3,(H2,5,7). The number of nitrogens with two attached hydrogens (primary N) is 1. The van der Waals surface area contributed by atoms with E-state index in [4.69, 9.17) is 10.9 Å². The van der Waals surface area contributed by atoms with Crippen LogP contribution >= 0.6 is 0 Å². The largest absolute Gasteiger partial charge is 0.410 e. The molecule has 0 aliphatic heterocycles. The summed E-state index contributed by atoms with van der Waals surface area (Å²) in [4.78, 5) is 10.1. The van der Waals surface area contributed by atoms with Crippen molar-refractivity contribution in [3.63, 3.8) is 0 Å². The molecule has 0 spiro atoms. The van der Waals surface area contributed by atoms with Gasteiger partial charge in [0.15, 0.2) is 0 Å². The van der Waals surface area contributed by atoms with Gasteiger partial charge in [0.05, 0.1) is 0 Å². The van der Waals surface area contributed by atoms with Gasteiger partial charge in [-0.25, -0.2) is 0 Å². The first-order valence-corrected chi connectivity index (χ1v) is 2.23. The van der Waals surface area contributed by atoms with Crippen molar-refractivity contribution in [3.8, 4) is 0 Å². The summed E-state index contributed by atoms with van der Waals surface area (Å²) in [5.74, 6) is -0.671. The first-order chi connectivity index (χ1) is 3.72. The van der Waals surface area contributed by atoms with Crippen LogP contribution in [0, 0.1) is 0 Å². The molecule has 0 aromatic rings. The van der Waals surface area contributed by atoms with Crippen LogP contribution in [0.2, 0.25) is 0 Å². The molecule has 8 heavy (non-hydrogen) atoms. The quantitative estimate of drug-likeness (QED) is 0.295. The molecule has 4 heteroatoms. The Labute approximate surface area is 47.0 Å². The highest BCUT2D eigenvalue weighted by Crippen LogP contribution is 1.80. The van der Waals surface area contributed by atoms with Crippen LogP contribution < -0.4 is 5.73 Å². The molecule has 0 aromatic carbocycles. The van der Waals surface area contributed by atoms with E-state index < -0.39 is 5.91 Å². The van der Waals surface area contributed by atoms with Crippen LogP contribution in [-0.2, 0) is 4.79 Å². The van der Waals surface area contributed by atoms with Gasteiger partial charge >= 0.3 is 0 Å². The molecule has 0 heterocycles. The Hall–Kier alpha value is -1.06. The molecule has 0 fully saturated rings. The maximum Gasteiger partial charge on any atom is 0.266 e. The first kappa shape index (κ1) is 6.94. The molecule has 0 saturated heterocycles. The molecule has 0 unspecified atom stereocenters. The number of oxime groups is 1. The van der Waals surface area contributed by atoms with Crippen molar-refractivity contribution in [1.29, 1.82) is 0 Å². The molecular formula is C4H8N2O2. The number of primary amides is 1. The number of carbonyl (C=O) groups excluding carboxylic acids is 1. The minimum atomic E-state index is -0.671. The molecule has 3 N–H and O–H groups in total. The second-order valence-electron chi connectivity index (χ2n) is 1.26. The number of carbonyl (C=O) groups is 1. The Morgan fingerprint density at radius 3 is 2.38 bits per heavy atom. The van der Waals surface area contributed by atoms with E-state index in [1.807, 2.05) is 0 Å². The first-order valence-electron chi connectivity index (χ1n) is 2.23. The highest BCUT2D eigenvalue weighted by molar-refractivity contribution is 6.37. The summed E-state index contributed by atoms with van der Waals surface area (Å²) in [6.45, 7) is 1.68. The maximum absolute atomic E-state index is 10.1. The predicted octanol–water partition coefficient (Wildman–Crippen LogP) is -0.288. The zero-order valence-corrected chi connectivity index (χ0v) is 4.59. The maximum atomic E-state index is 10.1. The zero-order chi connectivity index (χ0) is 6.57. The van der Waals surface area contributed by atoms with Crippen LogP contribution in [0.1, 0.15) is 13.3 Å². The minimum absolute atomic E-state index is 0.00463. The lowest BCUT2D eigenvalue weighted by molar-refractivity contribution is -0.112. The lowest BCUT2D eigenvalue weighted by Crippen LogP contribution is -2.22. The van der Waals surface area contributed by atoms with Gasteiger partial charge < -0.3 is 10.9 Å². The van der Waals surface area contributed by atoms with Gasteiger partial charge in [-0.15, -0.1) is 0 Å². The van der Waals surface area contributed by atoms with Gasteiger partial charge in [-0.05, 0) is 6.42 Å². The summed E-state index contributed by atoms with van der Waals surface area (Å²) in [6.07, 6.45) is 0.367. The summed E-state index contributed by atoms with van der Waals surface area (Å²) >= 11 is 0. The molecule has 46 valence electrons. The van der Waals surface area contributed by atoms with Gasteiger partial charge in [-0.1, -0.05) is 12.1 Å². The fraction of sp³-hybridized carbons (Fsp3) is 0.500. The molecule has 0 aliphatic carbocycles. The van der Waals surface area contributed by atoms with Crippen molar-refractivity contribution in [2.24, 2.45) is 10.9 Å². The van der Waals surface area contributed by atoms with E-state index in [0.717, 1.165) is 0 Å². The summed E-state index contributed by atoms with van der Waals surface area (Å²) in [6, 6.07) is 0. The second-order valence-corrected chi connectivity index (χ2v) is 1.26. The number of hydrogen-bond acceptors (Lipinski definition) is 3. The van der Waals surface area contributed by atoms with E-state index in [1.54, 1.807) is 6.92 Å². The molecule has 0 atom stereocenters. The summed E-state index contributed by atoms with van der Waals surface area (Å²) in [7, 11) is 0. The SMILES string of the molecule is CCC(=NO)C(N)=O. The molecule has 0 rings (SSSR count). The van der Waals surface area contributed by atoms with Crippen LogP contribution in [0.3, 0.4) is 0 Å². The lowest BCUT2D eigenvalue weighted by Gasteiger charge is -1.89. The Balaban J connectivity index is 3.92. The molecule has 1 amide bonds. The highest BCUT2D eigenvalue weighted by Gasteiger charge is 2.01. The molecule has 4 nitrogen and oxygen atoms in total. The molecule has 0 radical (unpaired) electrons. The molecule has 0 aromatic heterocycles. The topological polar surface area (TPSA) is 75.7 Å². The van der Waals surface area contributed by atoms with Crippen molar-refractivity contribution in [3.05, 3.63) is 0 Å². The van der Waals surface area contributed by atoms with Crippen molar-refractivity contribution < 1.29 is 10.0 Å². The average molecular weight is 116 g/mol. The normalized spacial score (nSPS) is 11.4. The molecule has 0 bridgehead atoms. The van der Waals surface area contributed by atoms with E-state index in [0.29, 0.717) is 6.42 Å². The second kappa shape index (κ2) is 3.01. The minimum Gasteiger partial charge on any atom is -0.410 e.